The van der Waals surface area contributed by atoms with E-state index >= 15 is 0 Å². The lowest BCUT2D eigenvalue weighted by molar-refractivity contribution is -0.129. The molecule has 4 rings (SSSR count). The van der Waals surface area contributed by atoms with E-state index in [-0.39, 0.29) is 11.8 Å². The van der Waals surface area contributed by atoms with Crippen molar-refractivity contribution in [1.82, 2.24) is 4.90 Å². The molecule has 2 heterocycles. The maximum Gasteiger partial charge on any atom is 0.229 e. The van der Waals surface area contributed by atoms with Crippen LogP contribution < -0.4 is 9.64 Å². The number of allylic oxidation sites excluding steroid dienone is 1. The van der Waals surface area contributed by atoms with E-state index in [2.05, 4.69) is 11.0 Å². The van der Waals surface area contributed by atoms with Gasteiger partial charge in [0.25, 0.3) is 0 Å². The lowest BCUT2D eigenvalue weighted by Crippen LogP contribution is -2.47. The number of para-hydroxylation sites is 2. The fourth-order valence-corrected chi connectivity index (χ4v) is 5.29. The van der Waals surface area contributed by atoms with Crippen molar-refractivity contribution in [2.45, 2.75) is 17.2 Å². The molecule has 5 nitrogen and oxygen atoms in total. The molecular weight excluding hydrogens is 402 g/mol. The fraction of sp³-hybridized carbons (Fsp3) is 0.273. The van der Waals surface area contributed by atoms with Gasteiger partial charge in [-0.25, -0.2) is 0 Å². The molecular formula is C22H21N3O2S2. The second-order valence-electron chi connectivity index (χ2n) is 6.81. The molecule has 1 atom stereocenters. The number of methoxy groups -OCH3 is 1. The Kier molecular flexibility index (Phi) is 5.74. The van der Waals surface area contributed by atoms with Gasteiger partial charge in [0.2, 0.25) is 5.91 Å². The second-order valence-corrected chi connectivity index (χ2v) is 8.62. The number of fused-ring (bicyclic) bond motifs is 1. The molecule has 0 aromatic heterocycles. The van der Waals surface area contributed by atoms with Crippen LogP contribution in [0, 0.1) is 11.3 Å². The molecule has 2 aliphatic heterocycles. The summed E-state index contributed by atoms with van der Waals surface area (Å²) >= 11 is 3.22. The van der Waals surface area contributed by atoms with Crippen LogP contribution in [0.25, 0.3) is 0 Å². The number of nitriles is 1. The highest BCUT2D eigenvalue weighted by atomic mass is 32.2. The SMILES string of the molecule is COc1ccccc1N1CSC2=C(C#N)[C@@H](c3ccc(SC)cc3)CC(=O)N2C1. The number of carbonyl (C=O) groups excluding carboxylic acids is 1. The monoisotopic (exact) mass is 423 g/mol. The summed E-state index contributed by atoms with van der Waals surface area (Å²) in [5, 5.41) is 10.7. The topological polar surface area (TPSA) is 56.6 Å². The minimum atomic E-state index is -0.181. The zero-order chi connectivity index (χ0) is 20.4. The largest absolute Gasteiger partial charge is 0.495 e. The summed E-state index contributed by atoms with van der Waals surface area (Å²) < 4.78 is 5.48. The van der Waals surface area contributed by atoms with Crippen molar-refractivity contribution < 1.29 is 9.53 Å². The van der Waals surface area contributed by atoms with Crippen LogP contribution in [0.5, 0.6) is 5.75 Å². The standard InChI is InChI=1S/C22H21N3O2S2/c1-27-20-6-4-3-5-19(20)24-13-25-21(26)11-17(18(12-23)22(25)29-14-24)15-7-9-16(28-2)10-8-15/h3-10,17H,11,13-14H2,1-2H3/t17-/m1/s1. The van der Waals surface area contributed by atoms with E-state index < -0.39 is 0 Å². The van der Waals surface area contributed by atoms with E-state index in [4.69, 9.17) is 4.74 Å². The lowest BCUT2D eigenvalue weighted by atomic mass is 9.86. The number of ether oxygens (including phenoxy) is 1. The third kappa shape index (κ3) is 3.70. The number of carbonyl (C=O) groups is 1. The van der Waals surface area contributed by atoms with Gasteiger partial charge in [-0.15, -0.1) is 11.8 Å². The van der Waals surface area contributed by atoms with Crippen molar-refractivity contribution in [3.05, 3.63) is 64.7 Å². The number of thioether (sulfide) groups is 2. The molecule has 1 fully saturated rings. The number of rotatable bonds is 4. The number of hydrogen-bond donors (Lipinski definition) is 0. The van der Waals surface area contributed by atoms with Gasteiger partial charge in [0.15, 0.2) is 0 Å². The first-order valence-electron chi connectivity index (χ1n) is 9.25. The Morgan fingerprint density at radius 2 is 1.97 bits per heavy atom. The molecule has 1 saturated heterocycles. The first-order chi connectivity index (χ1) is 14.2. The van der Waals surface area contributed by atoms with Crippen molar-refractivity contribution in [2.75, 3.05) is 30.8 Å². The van der Waals surface area contributed by atoms with E-state index in [1.165, 1.54) is 4.90 Å². The molecule has 0 spiro atoms. The third-order valence-corrected chi connectivity index (χ3v) is 7.14. The normalized spacial score (nSPS) is 19.1. The zero-order valence-corrected chi connectivity index (χ0v) is 17.9. The Bertz CT molecular complexity index is 998. The number of anilines is 1. The van der Waals surface area contributed by atoms with Crippen LogP contribution in [0.4, 0.5) is 5.69 Å². The van der Waals surface area contributed by atoms with Crippen LogP contribution in [0.3, 0.4) is 0 Å². The molecule has 7 heteroatoms. The van der Waals surface area contributed by atoms with Crippen molar-refractivity contribution in [3.8, 4) is 11.8 Å². The zero-order valence-electron chi connectivity index (χ0n) is 16.3. The molecule has 1 amide bonds. The molecule has 2 aromatic rings. The van der Waals surface area contributed by atoms with Crippen LogP contribution in [0.15, 0.2) is 64.0 Å². The van der Waals surface area contributed by atoms with Crippen molar-refractivity contribution in [1.29, 1.82) is 5.26 Å². The highest BCUT2D eigenvalue weighted by Crippen LogP contribution is 2.44. The minimum Gasteiger partial charge on any atom is -0.495 e. The summed E-state index contributed by atoms with van der Waals surface area (Å²) in [4.78, 5) is 18.1. The average molecular weight is 424 g/mol. The molecule has 2 aromatic carbocycles. The molecule has 0 unspecified atom stereocenters. The first-order valence-corrected chi connectivity index (χ1v) is 11.5. The number of amides is 1. The maximum absolute atomic E-state index is 13.0. The summed E-state index contributed by atoms with van der Waals surface area (Å²) in [7, 11) is 1.65. The predicted molar refractivity (Wildman–Crippen MR) is 118 cm³/mol. The Labute approximate surface area is 179 Å². The molecule has 0 radical (unpaired) electrons. The maximum atomic E-state index is 13.0. The summed E-state index contributed by atoms with van der Waals surface area (Å²) in [6, 6.07) is 18.4. The van der Waals surface area contributed by atoms with E-state index in [9.17, 15) is 10.1 Å². The minimum absolute atomic E-state index is 0.0463. The fourth-order valence-electron chi connectivity index (χ4n) is 3.73. The van der Waals surface area contributed by atoms with E-state index in [0.29, 0.717) is 24.5 Å². The van der Waals surface area contributed by atoms with Gasteiger partial charge in [-0.1, -0.05) is 36.0 Å². The van der Waals surface area contributed by atoms with Gasteiger partial charge >= 0.3 is 0 Å². The first kappa shape index (κ1) is 19.7. The molecule has 0 N–H and O–H groups in total. The summed E-state index contributed by atoms with van der Waals surface area (Å²) in [6.07, 6.45) is 2.34. The van der Waals surface area contributed by atoms with Gasteiger partial charge in [0.1, 0.15) is 5.75 Å². The van der Waals surface area contributed by atoms with Gasteiger partial charge < -0.3 is 9.64 Å². The third-order valence-electron chi connectivity index (χ3n) is 5.24. The van der Waals surface area contributed by atoms with Crippen molar-refractivity contribution >= 4 is 35.1 Å². The molecule has 0 aliphatic carbocycles. The average Bonchev–Trinajstić information content (AvgIpc) is 2.79. The van der Waals surface area contributed by atoms with Gasteiger partial charge in [0, 0.05) is 17.2 Å². The van der Waals surface area contributed by atoms with Crippen LogP contribution in [-0.4, -0.2) is 36.7 Å². The van der Waals surface area contributed by atoms with Gasteiger partial charge in [-0.3, -0.25) is 9.69 Å². The second kappa shape index (κ2) is 8.44. The van der Waals surface area contributed by atoms with E-state index in [0.717, 1.165) is 22.0 Å². The quantitative estimate of drug-likeness (QED) is 0.668. The lowest BCUT2D eigenvalue weighted by Gasteiger charge is -2.42. The van der Waals surface area contributed by atoms with Crippen LogP contribution in [0.2, 0.25) is 0 Å². The van der Waals surface area contributed by atoms with Crippen LogP contribution in [0.1, 0.15) is 17.9 Å². The summed E-state index contributed by atoms with van der Waals surface area (Å²) in [5.41, 5.74) is 2.65. The Morgan fingerprint density at radius 3 is 2.66 bits per heavy atom. The van der Waals surface area contributed by atoms with Crippen LogP contribution >= 0.6 is 23.5 Å². The number of hydrogen-bond acceptors (Lipinski definition) is 6. The van der Waals surface area contributed by atoms with Gasteiger partial charge in [-0.2, -0.15) is 5.26 Å². The molecule has 0 saturated carbocycles. The number of benzene rings is 2. The van der Waals surface area contributed by atoms with Crippen molar-refractivity contribution in [3.63, 3.8) is 0 Å². The van der Waals surface area contributed by atoms with Crippen LogP contribution in [-0.2, 0) is 4.79 Å². The number of nitrogens with zero attached hydrogens (tertiary/aromatic N) is 3. The molecule has 148 valence electrons. The highest BCUT2D eigenvalue weighted by molar-refractivity contribution is 8.03. The smallest absolute Gasteiger partial charge is 0.229 e. The highest BCUT2D eigenvalue weighted by Gasteiger charge is 2.38. The van der Waals surface area contributed by atoms with Gasteiger partial charge in [0.05, 0.1) is 42.0 Å². The predicted octanol–water partition coefficient (Wildman–Crippen LogP) is 4.64. The van der Waals surface area contributed by atoms with Crippen molar-refractivity contribution in [2.24, 2.45) is 0 Å². The summed E-state index contributed by atoms with van der Waals surface area (Å²) in [5.74, 6) is 1.30. The Balaban J connectivity index is 1.65. The molecule has 0 bridgehead atoms. The summed E-state index contributed by atoms with van der Waals surface area (Å²) in [6.45, 7) is 0.421. The van der Waals surface area contributed by atoms with Gasteiger partial charge in [-0.05, 0) is 36.1 Å². The Hall–Kier alpha value is -2.56. The van der Waals surface area contributed by atoms with E-state index in [1.54, 1.807) is 35.5 Å². The molecule has 29 heavy (non-hydrogen) atoms. The van der Waals surface area contributed by atoms with E-state index in [1.807, 2.05) is 54.8 Å². The molecule has 2 aliphatic rings. The Morgan fingerprint density at radius 1 is 1.21 bits per heavy atom.